The molecule has 58 heavy (non-hydrogen) atoms. The molecule has 9 aromatic carbocycles. The van der Waals surface area contributed by atoms with Gasteiger partial charge in [-0.05, 0) is 55.1 Å². The van der Waals surface area contributed by atoms with E-state index in [4.69, 9.17) is 0 Å². The molecule has 296 valence electrons. The average molecular weight is 893 g/mol. The van der Waals surface area contributed by atoms with Gasteiger partial charge in [-0.1, -0.05) is 180 Å². The minimum atomic E-state index is 0. The second-order valence-electron chi connectivity index (χ2n) is 15.7. The molecule has 0 fully saturated rings. The number of hydrogen-bond donors (Lipinski definition) is 0. The number of hydrogen-bond acceptors (Lipinski definition) is 0. The van der Waals surface area contributed by atoms with Crippen LogP contribution in [0.4, 0.5) is 0 Å². The molecule has 0 heterocycles. The van der Waals surface area contributed by atoms with E-state index in [1.165, 1.54) is 116 Å². The maximum atomic E-state index is 3.06. The molecule has 0 amide bonds. The van der Waals surface area contributed by atoms with Gasteiger partial charge in [-0.3, -0.25) is 0 Å². The Bertz CT molecular complexity index is 2720. The fourth-order valence-corrected chi connectivity index (χ4v) is 7.78. The maximum absolute atomic E-state index is 3.06. The molecular formula is C54H54Cl2SiZr-4. The monoisotopic (exact) mass is 890 g/mol. The molecule has 9 aromatic rings. The van der Waals surface area contributed by atoms with Crippen LogP contribution < -0.4 is 0 Å². The van der Waals surface area contributed by atoms with Gasteiger partial charge in [0.15, 0.2) is 0 Å². The molecule has 0 N–H and O–H groups in total. The van der Waals surface area contributed by atoms with Crippen molar-refractivity contribution in [1.29, 1.82) is 0 Å². The normalized spacial score (nSPS) is 10.7. The summed E-state index contributed by atoms with van der Waals surface area (Å²) in [7, 11) is 0. The van der Waals surface area contributed by atoms with Gasteiger partial charge in [0.25, 0.3) is 0 Å². The molecule has 0 aliphatic rings. The van der Waals surface area contributed by atoms with Gasteiger partial charge in [-0.15, -0.1) is 87.8 Å². The molecule has 2 radical (unpaired) electrons. The van der Waals surface area contributed by atoms with Crippen LogP contribution in [0.1, 0.15) is 57.2 Å². The van der Waals surface area contributed by atoms with Crippen molar-refractivity contribution in [3.8, 4) is 33.4 Å². The van der Waals surface area contributed by atoms with Crippen molar-refractivity contribution in [2.24, 2.45) is 0 Å². The molecule has 0 nitrogen and oxygen atoms in total. The van der Waals surface area contributed by atoms with Crippen LogP contribution in [0, 0.1) is 21.8 Å². The summed E-state index contributed by atoms with van der Waals surface area (Å²) in [5.74, 6) is 0.573. The summed E-state index contributed by atoms with van der Waals surface area (Å²) >= 11 is 1.36. The molecule has 0 saturated heterocycles. The summed E-state index contributed by atoms with van der Waals surface area (Å²) in [4.78, 5) is 0. The fraction of sp³-hybridized carbons (Fsp3) is 0.148. The summed E-state index contributed by atoms with van der Waals surface area (Å²) < 4.78 is 0. The quantitative estimate of drug-likeness (QED) is 0.122. The SMILES string of the molecule is CC(C)c1cc2c(-c3ccc(C(C)(C)C)cc3)cccc2[cH-]1.Cc1cc2c(-c3cccc4ccccc34)cc(-c3cccc4ccccc34)cc2[cH-]1.Cl.Cl.[CH3-].[CH3-].[Si]=[Zr]. The third-order valence-electron chi connectivity index (χ3n) is 10.6. The van der Waals surface area contributed by atoms with Crippen LogP contribution in [0.25, 0.3) is 76.5 Å². The van der Waals surface area contributed by atoms with E-state index < -0.39 is 0 Å². The Hall–Kier alpha value is -4.04. The fourth-order valence-electron chi connectivity index (χ4n) is 7.78. The first-order valence-corrected chi connectivity index (χ1v) is 23.1. The van der Waals surface area contributed by atoms with Crippen LogP contribution in [0.2, 0.25) is 0 Å². The zero-order valence-corrected chi connectivity index (χ0v) is 40.1. The summed E-state index contributed by atoms with van der Waals surface area (Å²) in [6.07, 6.45) is 0. The number of rotatable bonds is 4. The van der Waals surface area contributed by atoms with Crippen LogP contribution >= 0.6 is 24.8 Å². The van der Waals surface area contributed by atoms with E-state index in [1.807, 2.05) is 0 Å². The molecule has 0 bridgehead atoms. The Balaban J connectivity index is 0.000000290. The van der Waals surface area contributed by atoms with Crippen LogP contribution in [0.3, 0.4) is 0 Å². The molecule has 0 aliphatic heterocycles. The predicted octanol–water partition coefficient (Wildman–Crippen LogP) is 16.5. The molecule has 0 saturated carbocycles. The predicted molar refractivity (Wildman–Crippen MR) is 261 cm³/mol. The Kier molecular flexibility index (Phi) is 17.3. The van der Waals surface area contributed by atoms with E-state index in [9.17, 15) is 0 Å². The van der Waals surface area contributed by atoms with Crippen molar-refractivity contribution in [1.82, 2.24) is 0 Å². The van der Waals surface area contributed by atoms with E-state index in [1.54, 1.807) is 0 Å². The zero-order valence-electron chi connectivity index (χ0n) is 35.0. The Morgan fingerprint density at radius 1 is 0.483 bits per heavy atom. The topological polar surface area (TPSA) is 0 Å². The van der Waals surface area contributed by atoms with Gasteiger partial charge in [0, 0.05) is 0 Å². The van der Waals surface area contributed by atoms with Crippen molar-refractivity contribution in [2.75, 3.05) is 0 Å². The van der Waals surface area contributed by atoms with Crippen molar-refractivity contribution in [3.05, 3.63) is 195 Å². The Morgan fingerprint density at radius 2 is 0.983 bits per heavy atom. The van der Waals surface area contributed by atoms with Crippen LogP contribution in [0.15, 0.2) is 164 Å². The molecule has 0 spiro atoms. The van der Waals surface area contributed by atoms with E-state index in [0.29, 0.717) is 5.92 Å². The molecule has 4 heteroatoms. The first-order chi connectivity index (χ1) is 26.1. The van der Waals surface area contributed by atoms with Gasteiger partial charge in [0.2, 0.25) is 0 Å². The van der Waals surface area contributed by atoms with Gasteiger partial charge in [-0.25, -0.2) is 0 Å². The number of halogens is 2. The van der Waals surface area contributed by atoms with Gasteiger partial charge in [0.05, 0.1) is 0 Å². The van der Waals surface area contributed by atoms with E-state index in [2.05, 4.69) is 212 Å². The van der Waals surface area contributed by atoms with Gasteiger partial charge in [0.1, 0.15) is 0 Å². The number of aryl methyl sites for hydroxylation is 1. The van der Waals surface area contributed by atoms with Crippen LogP contribution in [-0.2, 0) is 28.8 Å². The molecule has 0 unspecified atom stereocenters. The van der Waals surface area contributed by atoms with Crippen molar-refractivity contribution < 1.29 is 23.3 Å². The Labute approximate surface area is 376 Å². The summed E-state index contributed by atoms with van der Waals surface area (Å²) in [6, 6.07) is 60.2. The summed E-state index contributed by atoms with van der Waals surface area (Å²) in [5.41, 5.74) is 12.1. The molecule has 0 aromatic heterocycles. The van der Waals surface area contributed by atoms with Crippen molar-refractivity contribution in [3.63, 3.8) is 0 Å². The molecule has 0 aliphatic carbocycles. The standard InChI is InChI=1S/C30H21.C22H25.2CH3.2ClH.Si.Zr/c1-20-16-23-18-24(27-14-6-10-21-8-2-4-12-25(21)27)19-30(29(23)17-20)28-15-7-11-22-9-3-5-13-26(22)28;1-15(2)18-13-17-7-6-8-20(21(17)14-18)16-9-11-19(12-10-16)22(3,4)5;;;;;;/h2-19H,1H3;6-15H,1-5H3;2*1H3;2*1H;;/q4*-1;;;;. The average Bonchev–Trinajstić information content (AvgIpc) is 3.81. The van der Waals surface area contributed by atoms with Crippen molar-refractivity contribution >= 4 is 74.8 Å². The number of fused-ring (bicyclic) bond motifs is 4. The van der Waals surface area contributed by atoms with Crippen molar-refractivity contribution in [2.45, 2.75) is 52.9 Å². The number of benzene rings is 7. The molecule has 0 atom stereocenters. The van der Waals surface area contributed by atoms with Crippen LogP contribution in [0.5, 0.6) is 0 Å². The molecule has 9 rings (SSSR count). The minimum absolute atomic E-state index is 0. The van der Waals surface area contributed by atoms with Crippen LogP contribution in [-0.4, -0.2) is 6.88 Å². The Morgan fingerprint density at radius 3 is 1.57 bits per heavy atom. The second-order valence-corrected chi connectivity index (χ2v) is 15.7. The van der Waals surface area contributed by atoms with Gasteiger partial charge >= 0.3 is 30.2 Å². The second kappa shape index (κ2) is 20.8. The van der Waals surface area contributed by atoms with E-state index in [0.717, 1.165) is 0 Å². The first-order valence-electron chi connectivity index (χ1n) is 18.9. The zero-order chi connectivity index (χ0) is 38.0. The summed E-state index contributed by atoms with van der Waals surface area (Å²) in [6.45, 7) is 16.5. The third kappa shape index (κ3) is 10.0. The summed E-state index contributed by atoms with van der Waals surface area (Å²) in [5, 5.41) is 10.5. The third-order valence-corrected chi connectivity index (χ3v) is 10.6. The first kappa shape index (κ1) is 48.3. The van der Waals surface area contributed by atoms with E-state index >= 15 is 0 Å². The van der Waals surface area contributed by atoms with E-state index in [-0.39, 0.29) is 45.1 Å². The molecular weight excluding hydrogens is 839 g/mol. The van der Waals surface area contributed by atoms with Gasteiger partial charge in [-0.2, -0.15) is 12.1 Å². The van der Waals surface area contributed by atoms with Gasteiger partial charge < -0.3 is 14.9 Å².